The van der Waals surface area contributed by atoms with Gasteiger partial charge in [0.05, 0.1) is 11.3 Å². The summed E-state index contributed by atoms with van der Waals surface area (Å²) in [6, 6.07) is 6.19. The number of hydrogen-bond acceptors (Lipinski definition) is 5. The van der Waals surface area contributed by atoms with Crippen molar-refractivity contribution >= 4 is 17.5 Å². The number of aryl methyl sites for hydroxylation is 2. The summed E-state index contributed by atoms with van der Waals surface area (Å²) < 4.78 is 1.91. The highest BCUT2D eigenvalue weighted by molar-refractivity contribution is 5.94. The molecular formula is C19H28N6O. The van der Waals surface area contributed by atoms with Gasteiger partial charge in [-0.05, 0) is 45.7 Å². The summed E-state index contributed by atoms with van der Waals surface area (Å²) in [5.74, 6) is 1.82. The number of carbonyl (C=O) groups is 1. The predicted molar refractivity (Wildman–Crippen MR) is 104 cm³/mol. The Labute approximate surface area is 154 Å². The lowest BCUT2D eigenvalue weighted by atomic mass is 10.1. The van der Waals surface area contributed by atoms with Gasteiger partial charge in [0.1, 0.15) is 11.6 Å². The SMILES string of the molecule is Cc1cc(N2CCCC(NC(=O)c3ccc(NC(C)C)nc3)C2)n(C)n1. The van der Waals surface area contributed by atoms with Gasteiger partial charge >= 0.3 is 0 Å². The first-order valence-electron chi connectivity index (χ1n) is 9.21. The van der Waals surface area contributed by atoms with E-state index >= 15 is 0 Å². The fourth-order valence-electron chi connectivity index (χ4n) is 3.37. The van der Waals surface area contributed by atoms with Crippen LogP contribution in [0.1, 0.15) is 42.7 Å². The average molecular weight is 356 g/mol. The van der Waals surface area contributed by atoms with Crippen LogP contribution in [0, 0.1) is 6.92 Å². The highest BCUT2D eigenvalue weighted by atomic mass is 16.1. The lowest BCUT2D eigenvalue weighted by molar-refractivity contribution is 0.0932. The molecule has 1 aliphatic heterocycles. The lowest BCUT2D eigenvalue weighted by Crippen LogP contribution is -2.48. The number of nitrogens with zero attached hydrogens (tertiary/aromatic N) is 4. The number of carbonyl (C=O) groups excluding carboxylic acids is 1. The summed E-state index contributed by atoms with van der Waals surface area (Å²) in [6.07, 6.45) is 3.66. The molecular weight excluding hydrogens is 328 g/mol. The highest BCUT2D eigenvalue weighted by Crippen LogP contribution is 2.20. The van der Waals surface area contributed by atoms with Crippen LogP contribution in [0.15, 0.2) is 24.4 Å². The van der Waals surface area contributed by atoms with Crippen LogP contribution in [0.4, 0.5) is 11.6 Å². The molecule has 140 valence electrons. The van der Waals surface area contributed by atoms with Crippen LogP contribution in [0.2, 0.25) is 0 Å². The van der Waals surface area contributed by atoms with Gasteiger partial charge in [-0.25, -0.2) is 4.98 Å². The molecule has 1 fully saturated rings. The van der Waals surface area contributed by atoms with Crippen LogP contribution in [0.25, 0.3) is 0 Å². The van der Waals surface area contributed by atoms with E-state index in [1.807, 2.05) is 30.8 Å². The van der Waals surface area contributed by atoms with Crippen molar-refractivity contribution in [2.75, 3.05) is 23.3 Å². The molecule has 0 saturated carbocycles. The van der Waals surface area contributed by atoms with Crippen molar-refractivity contribution in [3.05, 3.63) is 35.7 Å². The number of piperidine rings is 1. The first-order valence-corrected chi connectivity index (χ1v) is 9.21. The standard InChI is InChI=1S/C19H28N6O/c1-13(2)21-17-8-7-15(11-20-17)19(26)22-16-6-5-9-25(12-16)18-10-14(3)23-24(18)4/h7-8,10-11,13,16H,5-6,9,12H2,1-4H3,(H,20,21)(H,22,26). The van der Waals surface area contributed by atoms with E-state index in [4.69, 9.17) is 0 Å². The topological polar surface area (TPSA) is 75.1 Å². The summed E-state index contributed by atoms with van der Waals surface area (Å²) in [5, 5.41) is 10.8. The Kier molecular flexibility index (Phi) is 5.44. The molecule has 7 heteroatoms. The van der Waals surface area contributed by atoms with Gasteiger partial charge in [-0.1, -0.05) is 0 Å². The summed E-state index contributed by atoms with van der Waals surface area (Å²) in [5.41, 5.74) is 1.60. The second-order valence-electron chi connectivity index (χ2n) is 7.26. The summed E-state index contributed by atoms with van der Waals surface area (Å²) in [4.78, 5) is 19.2. The molecule has 1 aliphatic rings. The number of anilines is 2. The molecule has 3 heterocycles. The number of hydrogen-bond donors (Lipinski definition) is 2. The fraction of sp³-hybridized carbons (Fsp3) is 0.526. The molecule has 0 radical (unpaired) electrons. The normalized spacial score (nSPS) is 17.4. The molecule has 2 aromatic heterocycles. The third kappa shape index (κ3) is 4.33. The smallest absolute Gasteiger partial charge is 0.253 e. The Morgan fingerprint density at radius 3 is 2.77 bits per heavy atom. The first kappa shape index (κ1) is 18.2. The van der Waals surface area contributed by atoms with Crippen molar-refractivity contribution < 1.29 is 4.79 Å². The van der Waals surface area contributed by atoms with E-state index in [9.17, 15) is 4.79 Å². The second-order valence-corrected chi connectivity index (χ2v) is 7.26. The second kappa shape index (κ2) is 7.76. The maximum atomic E-state index is 12.6. The lowest BCUT2D eigenvalue weighted by Gasteiger charge is -2.34. The Morgan fingerprint density at radius 2 is 2.15 bits per heavy atom. The Bertz CT molecular complexity index is 752. The molecule has 0 spiro atoms. The van der Waals surface area contributed by atoms with E-state index in [-0.39, 0.29) is 11.9 Å². The van der Waals surface area contributed by atoms with Gasteiger partial charge in [0, 0.05) is 44.5 Å². The molecule has 0 bridgehead atoms. The Morgan fingerprint density at radius 1 is 1.35 bits per heavy atom. The number of amides is 1. The molecule has 3 rings (SSSR count). The summed E-state index contributed by atoms with van der Waals surface area (Å²) in [7, 11) is 1.96. The maximum Gasteiger partial charge on any atom is 0.253 e. The quantitative estimate of drug-likeness (QED) is 0.860. The van der Waals surface area contributed by atoms with E-state index in [1.165, 1.54) is 0 Å². The number of aromatic nitrogens is 3. The monoisotopic (exact) mass is 356 g/mol. The summed E-state index contributed by atoms with van der Waals surface area (Å²) >= 11 is 0. The van der Waals surface area contributed by atoms with Crippen molar-refractivity contribution in [3.8, 4) is 0 Å². The first-order chi connectivity index (χ1) is 12.4. The number of rotatable bonds is 5. The van der Waals surface area contributed by atoms with Crippen LogP contribution in [0.3, 0.4) is 0 Å². The Hall–Kier alpha value is -2.57. The largest absolute Gasteiger partial charge is 0.368 e. The van der Waals surface area contributed by atoms with Gasteiger partial charge in [0.25, 0.3) is 5.91 Å². The minimum absolute atomic E-state index is 0.0679. The van der Waals surface area contributed by atoms with Crippen LogP contribution < -0.4 is 15.5 Å². The molecule has 1 atom stereocenters. The van der Waals surface area contributed by atoms with Gasteiger partial charge < -0.3 is 15.5 Å². The molecule has 0 aromatic carbocycles. The van der Waals surface area contributed by atoms with Crippen LogP contribution in [-0.2, 0) is 7.05 Å². The van der Waals surface area contributed by atoms with E-state index in [0.29, 0.717) is 11.6 Å². The summed E-state index contributed by atoms with van der Waals surface area (Å²) in [6.45, 7) is 7.90. The fourth-order valence-corrected chi connectivity index (χ4v) is 3.37. The van der Waals surface area contributed by atoms with Crippen LogP contribution in [-0.4, -0.2) is 45.8 Å². The number of pyridine rings is 1. The minimum Gasteiger partial charge on any atom is -0.368 e. The van der Waals surface area contributed by atoms with E-state index in [1.54, 1.807) is 6.20 Å². The highest BCUT2D eigenvalue weighted by Gasteiger charge is 2.24. The third-order valence-corrected chi connectivity index (χ3v) is 4.52. The minimum atomic E-state index is -0.0679. The average Bonchev–Trinajstić information content (AvgIpc) is 2.93. The zero-order chi connectivity index (χ0) is 18.7. The Balaban J connectivity index is 1.61. The molecule has 26 heavy (non-hydrogen) atoms. The zero-order valence-corrected chi connectivity index (χ0v) is 16.0. The molecule has 0 aliphatic carbocycles. The molecule has 1 unspecified atom stereocenters. The molecule has 1 saturated heterocycles. The van der Waals surface area contributed by atoms with Crippen molar-refractivity contribution in [2.45, 2.75) is 45.7 Å². The van der Waals surface area contributed by atoms with Gasteiger partial charge in [0.2, 0.25) is 0 Å². The molecule has 2 N–H and O–H groups in total. The van der Waals surface area contributed by atoms with Crippen molar-refractivity contribution in [2.24, 2.45) is 7.05 Å². The van der Waals surface area contributed by atoms with Crippen LogP contribution >= 0.6 is 0 Å². The van der Waals surface area contributed by atoms with Crippen molar-refractivity contribution in [1.82, 2.24) is 20.1 Å². The van der Waals surface area contributed by atoms with Gasteiger partial charge in [-0.15, -0.1) is 0 Å². The van der Waals surface area contributed by atoms with Crippen molar-refractivity contribution in [3.63, 3.8) is 0 Å². The van der Waals surface area contributed by atoms with E-state index in [2.05, 4.69) is 45.5 Å². The molecule has 7 nitrogen and oxygen atoms in total. The van der Waals surface area contributed by atoms with Crippen molar-refractivity contribution in [1.29, 1.82) is 0 Å². The predicted octanol–water partition coefficient (Wildman–Crippen LogP) is 2.34. The van der Waals surface area contributed by atoms with E-state index in [0.717, 1.165) is 43.3 Å². The van der Waals surface area contributed by atoms with Gasteiger partial charge in [0.15, 0.2) is 0 Å². The van der Waals surface area contributed by atoms with E-state index < -0.39 is 0 Å². The number of nitrogens with one attached hydrogen (secondary N) is 2. The van der Waals surface area contributed by atoms with Gasteiger partial charge in [-0.3, -0.25) is 9.48 Å². The van der Waals surface area contributed by atoms with Gasteiger partial charge in [-0.2, -0.15) is 5.10 Å². The zero-order valence-electron chi connectivity index (χ0n) is 16.0. The van der Waals surface area contributed by atoms with Crippen LogP contribution in [0.5, 0.6) is 0 Å². The molecule has 1 amide bonds. The third-order valence-electron chi connectivity index (χ3n) is 4.52. The molecule has 2 aromatic rings. The maximum absolute atomic E-state index is 12.6.